The molecule has 0 bridgehead atoms. The number of carboxylic acids is 1. The molecule has 0 saturated carbocycles. The molecular weight excluding hydrogens is 414 g/mol. The van der Waals surface area contributed by atoms with E-state index in [4.69, 9.17) is 9.84 Å². The first-order valence-corrected chi connectivity index (χ1v) is 9.75. The van der Waals surface area contributed by atoms with Gasteiger partial charge in [0.05, 0.1) is 0 Å². The first-order chi connectivity index (χ1) is 15.5. The Kier molecular flexibility index (Phi) is 5.93. The third kappa shape index (κ3) is 4.48. The number of H-pyrrole nitrogens is 1. The zero-order valence-corrected chi connectivity index (χ0v) is 16.7. The number of nitrogens with zero attached hydrogens (tertiary/aromatic N) is 2. The molecule has 32 heavy (non-hydrogen) atoms. The maximum absolute atomic E-state index is 12.3. The number of benzene rings is 2. The van der Waals surface area contributed by atoms with Gasteiger partial charge in [0.2, 0.25) is 5.82 Å². The minimum absolute atomic E-state index is 0.000966. The van der Waals surface area contributed by atoms with E-state index in [1.807, 2.05) is 48.5 Å². The Morgan fingerprint density at radius 1 is 1.06 bits per heavy atom. The van der Waals surface area contributed by atoms with Gasteiger partial charge >= 0.3 is 12.1 Å². The molecule has 0 saturated heterocycles. The van der Waals surface area contributed by atoms with Crippen molar-refractivity contribution >= 4 is 23.9 Å². The molecule has 10 heteroatoms. The normalized spacial score (nSPS) is 12.2. The summed E-state index contributed by atoms with van der Waals surface area (Å²) in [5.74, 6) is -2.06. The third-order valence-corrected chi connectivity index (χ3v) is 4.90. The topological polar surface area (TPSA) is 146 Å². The van der Waals surface area contributed by atoms with E-state index in [1.54, 1.807) is 0 Å². The molecule has 0 aliphatic heterocycles. The van der Waals surface area contributed by atoms with E-state index in [1.165, 1.54) is 6.08 Å². The van der Waals surface area contributed by atoms with Gasteiger partial charge in [0.1, 0.15) is 6.61 Å². The van der Waals surface area contributed by atoms with E-state index in [9.17, 15) is 14.4 Å². The van der Waals surface area contributed by atoms with E-state index in [0.717, 1.165) is 28.3 Å². The summed E-state index contributed by atoms with van der Waals surface area (Å²) in [6, 6.07) is 16.0. The molecular formula is C22H19N5O5. The molecule has 4 rings (SSSR count). The summed E-state index contributed by atoms with van der Waals surface area (Å²) in [6.07, 6.45) is 1.43. The Morgan fingerprint density at radius 2 is 1.72 bits per heavy atom. The maximum Gasteiger partial charge on any atom is 0.414 e. The van der Waals surface area contributed by atoms with Gasteiger partial charge in [-0.1, -0.05) is 54.6 Å². The second-order valence-corrected chi connectivity index (χ2v) is 6.91. The highest BCUT2D eigenvalue weighted by Gasteiger charge is 2.29. The number of aliphatic carboxylic acids is 1. The number of ether oxygens (including phenoxy) is 1. The lowest BCUT2D eigenvalue weighted by Gasteiger charge is -2.13. The van der Waals surface area contributed by atoms with E-state index >= 15 is 0 Å². The summed E-state index contributed by atoms with van der Waals surface area (Å²) < 4.78 is 5.41. The van der Waals surface area contributed by atoms with Gasteiger partial charge in [-0.25, -0.2) is 9.59 Å². The van der Waals surface area contributed by atoms with Crippen LogP contribution in [-0.2, 0) is 9.53 Å². The molecule has 1 heterocycles. The number of hydrogen-bond donors (Lipinski definition) is 4. The van der Waals surface area contributed by atoms with Crippen LogP contribution in [0.25, 0.3) is 11.1 Å². The number of carbonyl (C=O) groups excluding carboxylic acids is 2. The second kappa shape index (κ2) is 9.13. The molecule has 0 radical (unpaired) electrons. The number of hydrogen-bond acceptors (Lipinski definition) is 6. The number of amides is 2. The van der Waals surface area contributed by atoms with Gasteiger partial charge < -0.3 is 15.2 Å². The van der Waals surface area contributed by atoms with Crippen molar-refractivity contribution in [2.75, 3.05) is 18.5 Å². The van der Waals surface area contributed by atoms with Gasteiger partial charge in [0.25, 0.3) is 11.9 Å². The molecule has 0 unspecified atom stereocenters. The van der Waals surface area contributed by atoms with Gasteiger partial charge in [-0.15, -0.1) is 5.10 Å². The van der Waals surface area contributed by atoms with Crippen LogP contribution in [0, 0.1) is 0 Å². The van der Waals surface area contributed by atoms with Crippen LogP contribution < -0.4 is 10.6 Å². The average Bonchev–Trinajstić information content (AvgIpc) is 3.38. The Bertz CT molecular complexity index is 1160. The fourth-order valence-corrected chi connectivity index (χ4v) is 3.54. The summed E-state index contributed by atoms with van der Waals surface area (Å²) in [5, 5.41) is 19.5. The third-order valence-electron chi connectivity index (χ3n) is 4.90. The summed E-state index contributed by atoms with van der Waals surface area (Å²) in [4.78, 5) is 38.5. The number of carboxylic acid groups (broad SMARTS) is 1. The van der Waals surface area contributed by atoms with Crippen molar-refractivity contribution < 1.29 is 24.2 Å². The van der Waals surface area contributed by atoms with E-state index < -0.39 is 18.0 Å². The molecule has 1 aliphatic carbocycles. The predicted molar refractivity (Wildman–Crippen MR) is 114 cm³/mol. The zero-order valence-electron chi connectivity index (χ0n) is 16.7. The van der Waals surface area contributed by atoms with Crippen molar-refractivity contribution in [3.05, 3.63) is 77.6 Å². The molecule has 162 valence electrons. The lowest BCUT2D eigenvalue weighted by molar-refractivity contribution is -0.131. The highest BCUT2D eigenvalue weighted by molar-refractivity contribution is 5.91. The predicted octanol–water partition coefficient (Wildman–Crippen LogP) is 2.54. The molecule has 2 aromatic carbocycles. The highest BCUT2D eigenvalue weighted by atomic mass is 16.5. The number of aromatic nitrogens is 3. The van der Waals surface area contributed by atoms with Crippen LogP contribution in [-0.4, -0.2) is 51.4 Å². The maximum atomic E-state index is 12.3. The van der Waals surface area contributed by atoms with E-state index in [0.29, 0.717) is 0 Å². The standard InChI is InChI=1S/C22H19N5O5/c28-18(29)10-5-11-23-20(30)19-24-21(27-26-19)25-22(31)32-12-17-15-8-3-1-6-13(15)14-7-2-4-9-16(14)17/h1-10,17H,11-12H2,(H,23,30)(H,28,29)(H2,24,25,26,27,31)/b10-5+. The fraction of sp³-hybridized carbons (Fsp3) is 0.136. The number of fused-ring (bicyclic) bond motifs is 3. The van der Waals surface area contributed by atoms with Crippen LogP contribution in [0.1, 0.15) is 27.7 Å². The van der Waals surface area contributed by atoms with Gasteiger partial charge in [0.15, 0.2) is 0 Å². The highest BCUT2D eigenvalue weighted by Crippen LogP contribution is 2.44. The van der Waals surface area contributed by atoms with Crippen molar-refractivity contribution in [1.29, 1.82) is 0 Å². The van der Waals surface area contributed by atoms with Crippen LogP contribution in [0.2, 0.25) is 0 Å². The van der Waals surface area contributed by atoms with Crippen molar-refractivity contribution in [2.24, 2.45) is 0 Å². The first kappa shape index (κ1) is 20.8. The van der Waals surface area contributed by atoms with Crippen LogP contribution in [0.5, 0.6) is 0 Å². The van der Waals surface area contributed by atoms with E-state index in [-0.39, 0.29) is 30.8 Å². The van der Waals surface area contributed by atoms with Crippen LogP contribution in [0.15, 0.2) is 60.7 Å². The summed E-state index contributed by atoms with van der Waals surface area (Å²) in [7, 11) is 0. The van der Waals surface area contributed by atoms with Gasteiger partial charge in [-0.3, -0.25) is 15.2 Å². The lowest BCUT2D eigenvalue weighted by Crippen LogP contribution is -2.24. The monoisotopic (exact) mass is 433 g/mol. The molecule has 4 N–H and O–H groups in total. The Morgan fingerprint density at radius 3 is 2.38 bits per heavy atom. The van der Waals surface area contributed by atoms with Crippen LogP contribution in [0.3, 0.4) is 0 Å². The van der Waals surface area contributed by atoms with Crippen molar-refractivity contribution in [3.63, 3.8) is 0 Å². The minimum Gasteiger partial charge on any atom is -0.478 e. The minimum atomic E-state index is -1.12. The van der Waals surface area contributed by atoms with Crippen molar-refractivity contribution in [3.8, 4) is 11.1 Å². The number of rotatable bonds is 7. The van der Waals surface area contributed by atoms with Crippen molar-refractivity contribution in [2.45, 2.75) is 5.92 Å². The molecule has 0 atom stereocenters. The molecule has 0 spiro atoms. The number of anilines is 1. The largest absolute Gasteiger partial charge is 0.478 e. The Labute approximate surface area is 182 Å². The number of nitrogens with one attached hydrogen (secondary N) is 3. The molecule has 1 aromatic heterocycles. The summed E-state index contributed by atoms with van der Waals surface area (Å²) in [6.45, 7) is 0.133. The lowest BCUT2D eigenvalue weighted by atomic mass is 9.98. The Hall–Kier alpha value is -4.47. The van der Waals surface area contributed by atoms with Gasteiger partial charge in [-0.05, 0) is 22.3 Å². The SMILES string of the molecule is O=C(O)/C=C/CNC(=O)c1nc(NC(=O)OCC2c3ccccc3-c3ccccc32)n[nH]1. The average molecular weight is 433 g/mol. The Balaban J connectivity index is 1.33. The quantitative estimate of drug-likeness (QED) is 0.419. The smallest absolute Gasteiger partial charge is 0.414 e. The molecule has 3 aromatic rings. The van der Waals surface area contributed by atoms with Gasteiger partial charge in [0, 0.05) is 18.5 Å². The van der Waals surface area contributed by atoms with Crippen molar-refractivity contribution in [1.82, 2.24) is 20.5 Å². The zero-order chi connectivity index (χ0) is 22.5. The second-order valence-electron chi connectivity index (χ2n) is 6.91. The van der Waals surface area contributed by atoms with E-state index in [2.05, 4.69) is 25.8 Å². The molecule has 10 nitrogen and oxygen atoms in total. The fourth-order valence-electron chi connectivity index (χ4n) is 3.54. The summed E-state index contributed by atoms with van der Waals surface area (Å²) >= 11 is 0. The van der Waals surface area contributed by atoms with Crippen LogP contribution >= 0.6 is 0 Å². The summed E-state index contributed by atoms with van der Waals surface area (Å²) in [5.41, 5.74) is 4.44. The number of aromatic amines is 1. The molecule has 2 amide bonds. The number of carbonyl (C=O) groups is 3. The molecule has 1 aliphatic rings. The molecule has 0 fully saturated rings. The first-order valence-electron chi connectivity index (χ1n) is 9.75. The van der Waals surface area contributed by atoms with Gasteiger partial charge in [-0.2, -0.15) is 4.98 Å². The van der Waals surface area contributed by atoms with Crippen LogP contribution in [0.4, 0.5) is 10.7 Å².